The van der Waals surface area contributed by atoms with Crippen molar-refractivity contribution in [3.05, 3.63) is 51.3 Å². The highest BCUT2D eigenvalue weighted by atomic mass is 16.6. The summed E-state index contributed by atoms with van der Waals surface area (Å²) in [6, 6.07) is 5.89. The number of benzene rings is 1. The van der Waals surface area contributed by atoms with Crippen LogP contribution in [-0.4, -0.2) is 34.9 Å². The number of hydrogen-bond acceptors (Lipinski definition) is 7. The van der Waals surface area contributed by atoms with Crippen LogP contribution in [0, 0.1) is 17.0 Å². The molecule has 0 bridgehead atoms. The van der Waals surface area contributed by atoms with Crippen LogP contribution in [-0.2, 0) is 0 Å². The first-order valence-corrected chi connectivity index (χ1v) is 6.23. The summed E-state index contributed by atoms with van der Waals surface area (Å²) in [6.45, 7) is 1.56. The van der Waals surface area contributed by atoms with E-state index in [9.17, 15) is 14.9 Å². The van der Waals surface area contributed by atoms with E-state index < -0.39 is 10.7 Å². The number of carbonyl (C=O) groups is 1. The van der Waals surface area contributed by atoms with Gasteiger partial charge in [0.1, 0.15) is 5.56 Å². The number of hydrogen-bond donors (Lipinski definition) is 0. The Kier molecular flexibility index (Phi) is 4.31. The standard InChI is InChI=1S/C14H13N3O5/c1-8-5-4-6-9(12(8)17(19)20)13(18)14-15-10(21-2)7-11(16-14)22-3/h4-7H,1-3H3. The summed E-state index contributed by atoms with van der Waals surface area (Å²) in [4.78, 5) is 31.0. The monoisotopic (exact) mass is 303 g/mol. The second-order valence-corrected chi connectivity index (χ2v) is 4.33. The molecule has 0 saturated heterocycles. The summed E-state index contributed by atoms with van der Waals surface area (Å²) in [6.07, 6.45) is 0. The van der Waals surface area contributed by atoms with Gasteiger partial charge in [0.25, 0.3) is 5.69 Å². The van der Waals surface area contributed by atoms with E-state index >= 15 is 0 Å². The van der Waals surface area contributed by atoms with Gasteiger partial charge in [-0.3, -0.25) is 14.9 Å². The van der Waals surface area contributed by atoms with E-state index in [1.54, 1.807) is 19.1 Å². The summed E-state index contributed by atoms with van der Waals surface area (Å²) in [7, 11) is 2.76. The Morgan fingerprint density at radius 2 is 1.77 bits per heavy atom. The SMILES string of the molecule is COc1cc(OC)nc(C(=O)c2cccc(C)c2[N+](=O)[O-])n1. The van der Waals surface area contributed by atoms with Crippen LogP contribution in [0.4, 0.5) is 5.69 Å². The molecular formula is C14H13N3O5. The van der Waals surface area contributed by atoms with Gasteiger partial charge in [-0.25, -0.2) is 0 Å². The molecule has 0 aliphatic rings. The lowest BCUT2D eigenvalue weighted by atomic mass is 10.0. The molecule has 2 rings (SSSR count). The first-order chi connectivity index (χ1) is 10.5. The summed E-state index contributed by atoms with van der Waals surface area (Å²) in [5.41, 5.74) is 0.0314. The quantitative estimate of drug-likeness (QED) is 0.472. The molecule has 0 amide bonds. The largest absolute Gasteiger partial charge is 0.481 e. The Hall–Kier alpha value is -3.03. The normalized spacial score (nSPS) is 10.1. The molecule has 0 N–H and O–H groups in total. The number of ketones is 1. The minimum absolute atomic E-state index is 0.0830. The summed E-state index contributed by atoms with van der Waals surface area (Å²) >= 11 is 0. The third-order valence-corrected chi connectivity index (χ3v) is 2.97. The van der Waals surface area contributed by atoms with E-state index in [4.69, 9.17) is 9.47 Å². The van der Waals surface area contributed by atoms with Crippen molar-refractivity contribution < 1.29 is 19.2 Å². The molecule has 0 aliphatic heterocycles. The lowest BCUT2D eigenvalue weighted by Gasteiger charge is -2.07. The molecule has 22 heavy (non-hydrogen) atoms. The number of nitro benzene ring substituents is 1. The van der Waals surface area contributed by atoms with Crippen molar-refractivity contribution in [3.8, 4) is 11.8 Å². The molecular weight excluding hydrogens is 290 g/mol. The van der Waals surface area contributed by atoms with Crippen molar-refractivity contribution in [2.75, 3.05) is 14.2 Å². The van der Waals surface area contributed by atoms with Gasteiger partial charge in [0.2, 0.25) is 23.4 Å². The number of nitro groups is 1. The number of ether oxygens (including phenoxy) is 2. The minimum Gasteiger partial charge on any atom is -0.481 e. The van der Waals surface area contributed by atoms with Gasteiger partial charge in [0.15, 0.2) is 0 Å². The van der Waals surface area contributed by atoms with Crippen LogP contribution < -0.4 is 9.47 Å². The molecule has 0 radical (unpaired) electrons. The van der Waals surface area contributed by atoms with E-state index in [0.717, 1.165) is 0 Å². The molecule has 0 unspecified atom stereocenters. The lowest BCUT2D eigenvalue weighted by molar-refractivity contribution is -0.385. The van der Waals surface area contributed by atoms with Crippen molar-refractivity contribution in [2.45, 2.75) is 6.92 Å². The average molecular weight is 303 g/mol. The van der Waals surface area contributed by atoms with E-state index in [1.807, 2.05) is 0 Å². The van der Waals surface area contributed by atoms with Gasteiger partial charge in [0, 0.05) is 5.56 Å². The van der Waals surface area contributed by atoms with E-state index in [1.165, 1.54) is 26.4 Å². The zero-order valence-corrected chi connectivity index (χ0v) is 12.2. The smallest absolute Gasteiger partial charge is 0.283 e. The van der Waals surface area contributed by atoms with Gasteiger partial charge in [-0.1, -0.05) is 12.1 Å². The average Bonchev–Trinajstić information content (AvgIpc) is 2.52. The third kappa shape index (κ3) is 2.85. The zero-order chi connectivity index (χ0) is 16.3. The molecule has 114 valence electrons. The highest BCUT2D eigenvalue weighted by Crippen LogP contribution is 2.26. The number of aryl methyl sites for hydroxylation is 1. The van der Waals surface area contributed by atoms with Crippen molar-refractivity contribution in [3.63, 3.8) is 0 Å². The van der Waals surface area contributed by atoms with E-state index in [0.29, 0.717) is 5.56 Å². The van der Waals surface area contributed by atoms with Gasteiger partial charge in [-0.2, -0.15) is 9.97 Å². The fraction of sp³-hybridized carbons (Fsp3) is 0.214. The highest BCUT2D eigenvalue weighted by molar-refractivity contribution is 6.09. The van der Waals surface area contributed by atoms with Crippen LogP contribution >= 0.6 is 0 Å². The van der Waals surface area contributed by atoms with Crippen LogP contribution in [0.2, 0.25) is 0 Å². The molecule has 1 heterocycles. The molecule has 0 saturated carbocycles. The second-order valence-electron chi connectivity index (χ2n) is 4.33. The number of nitrogens with zero attached hydrogens (tertiary/aromatic N) is 3. The van der Waals surface area contributed by atoms with Crippen LogP contribution in [0.15, 0.2) is 24.3 Å². The molecule has 0 fully saturated rings. The third-order valence-electron chi connectivity index (χ3n) is 2.97. The van der Waals surface area contributed by atoms with Gasteiger partial charge < -0.3 is 9.47 Å². The Bertz CT molecular complexity index is 723. The van der Waals surface area contributed by atoms with Crippen molar-refractivity contribution in [1.82, 2.24) is 9.97 Å². The highest BCUT2D eigenvalue weighted by Gasteiger charge is 2.26. The van der Waals surface area contributed by atoms with Crippen LogP contribution in [0.3, 0.4) is 0 Å². The number of para-hydroxylation sites is 1. The molecule has 1 aromatic heterocycles. The predicted molar refractivity (Wildman–Crippen MR) is 76.4 cm³/mol. The van der Waals surface area contributed by atoms with Crippen LogP contribution in [0.5, 0.6) is 11.8 Å². The van der Waals surface area contributed by atoms with Gasteiger partial charge in [-0.15, -0.1) is 0 Å². The topological polar surface area (TPSA) is 104 Å². The molecule has 0 aliphatic carbocycles. The maximum Gasteiger partial charge on any atom is 0.283 e. The van der Waals surface area contributed by atoms with Gasteiger partial charge in [-0.05, 0) is 13.0 Å². The second kappa shape index (κ2) is 6.17. The molecule has 0 spiro atoms. The summed E-state index contributed by atoms with van der Waals surface area (Å²) in [5.74, 6) is -0.645. The molecule has 8 heteroatoms. The van der Waals surface area contributed by atoms with Crippen molar-refractivity contribution in [1.29, 1.82) is 0 Å². The van der Waals surface area contributed by atoms with Crippen molar-refractivity contribution >= 4 is 11.5 Å². The van der Waals surface area contributed by atoms with E-state index in [-0.39, 0.29) is 28.8 Å². The summed E-state index contributed by atoms with van der Waals surface area (Å²) < 4.78 is 9.94. The van der Waals surface area contributed by atoms with Gasteiger partial charge >= 0.3 is 0 Å². The molecule has 0 atom stereocenters. The number of rotatable bonds is 5. The summed E-state index contributed by atoms with van der Waals surface area (Å²) in [5, 5.41) is 11.2. The minimum atomic E-state index is -0.674. The molecule has 2 aromatic rings. The maximum absolute atomic E-state index is 12.5. The zero-order valence-electron chi connectivity index (χ0n) is 12.2. The van der Waals surface area contributed by atoms with Crippen LogP contribution in [0.25, 0.3) is 0 Å². The maximum atomic E-state index is 12.5. The first-order valence-electron chi connectivity index (χ1n) is 6.23. The number of carbonyl (C=O) groups excluding carboxylic acids is 1. The Morgan fingerprint density at radius 1 is 1.18 bits per heavy atom. The number of methoxy groups -OCH3 is 2. The first kappa shape index (κ1) is 15.4. The molecule has 1 aromatic carbocycles. The van der Waals surface area contributed by atoms with Crippen molar-refractivity contribution in [2.24, 2.45) is 0 Å². The van der Waals surface area contributed by atoms with E-state index in [2.05, 4.69) is 9.97 Å². The molecule has 8 nitrogen and oxygen atoms in total. The van der Waals surface area contributed by atoms with Crippen LogP contribution in [0.1, 0.15) is 21.7 Å². The Labute approximate surface area is 125 Å². The Morgan fingerprint density at radius 3 is 2.27 bits per heavy atom. The lowest BCUT2D eigenvalue weighted by Crippen LogP contribution is -2.11. The fourth-order valence-corrected chi connectivity index (χ4v) is 1.92. The fourth-order valence-electron chi connectivity index (χ4n) is 1.92. The van der Waals surface area contributed by atoms with Gasteiger partial charge in [0.05, 0.1) is 25.2 Å². The predicted octanol–water partition coefficient (Wildman–Crippen LogP) is 1.94. The Balaban J connectivity index is 2.58. The number of aromatic nitrogens is 2.